The highest BCUT2D eigenvalue weighted by atomic mass is 14.9. The van der Waals surface area contributed by atoms with Crippen LogP contribution in [0.1, 0.15) is 89.5 Å². The summed E-state index contributed by atoms with van der Waals surface area (Å²) in [4.78, 5) is 0. The van der Waals surface area contributed by atoms with E-state index < -0.39 is 0 Å². The molecule has 0 aliphatic rings. The molecular formula is C26H42N2+2. The van der Waals surface area contributed by atoms with E-state index in [2.05, 4.69) is 73.1 Å². The Balaban J connectivity index is 1.65. The van der Waals surface area contributed by atoms with Gasteiger partial charge in [0.05, 0.1) is 0 Å². The number of unbranched alkanes of at least 4 members (excludes halogenated alkanes) is 11. The van der Waals surface area contributed by atoms with E-state index in [9.17, 15) is 0 Å². The minimum atomic E-state index is 1.18. The molecule has 0 aromatic carbocycles. The summed E-state index contributed by atoms with van der Waals surface area (Å²) in [6.07, 6.45) is 26.8. The topological polar surface area (TPSA) is 7.76 Å². The van der Waals surface area contributed by atoms with E-state index in [1.54, 1.807) is 0 Å². The van der Waals surface area contributed by atoms with Crippen LogP contribution in [0.4, 0.5) is 0 Å². The first-order chi connectivity index (χ1) is 13.7. The predicted molar refractivity (Wildman–Crippen MR) is 119 cm³/mol. The van der Waals surface area contributed by atoms with Crippen LogP contribution in [-0.4, -0.2) is 0 Å². The second-order valence-electron chi connectivity index (χ2n) is 8.44. The van der Waals surface area contributed by atoms with Gasteiger partial charge in [-0.05, 0) is 24.0 Å². The van der Waals surface area contributed by atoms with E-state index >= 15 is 0 Å². The van der Waals surface area contributed by atoms with Crippen LogP contribution >= 0.6 is 0 Å². The molecule has 0 saturated heterocycles. The second kappa shape index (κ2) is 13.5. The highest BCUT2D eigenvalue weighted by Gasteiger charge is 2.10. The molecule has 0 fully saturated rings. The summed E-state index contributed by atoms with van der Waals surface area (Å²) in [6.45, 7) is 2.29. The third-order valence-electron chi connectivity index (χ3n) is 5.77. The van der Waals surface area contributed by atoms with Crippen LogP contribution < -0.4 is 9.13 Å². The van der Waals surface area contributed by atoms with E-state index in [4.69, 9.17) is 0 Å². The van der Waals surface area contributed by atoms with Gasteiger partial charge in [0, 0.05) is 23.8 Å². The van der Waals surface area contributed by atoms with Crippen molar-refractivity contribution < 1.29 is 9.13 Å². The van der Waals surface area contributed by atoms with E-state index in [1.807, 2.05) is 0 Å². The van der Waals surface area contributed by atoms with Crippen molar-refractivity contribution in [1.29, 1.82) is 0 Å². The second-order valence-corrected chi connectivity index (χ2v) is 8.44. The fourth-order valence-electron chi connectivity index (χ4n) is 3.98. The summed E-state index contributed by atoms with van der Waals surface area (Å²) in [5.74, 6) is 0. The van der Waals surface area contributed by atoms with Gasteiger partial charge in [-0.2, -0.15) is 0 Å². The Morgan fingerprint density at radius 2 is 1.11 bits per heavy atom. The van der Waals surface area contributed by atoms with Gasteiger partial charge in [0.2, 0.25) is 0 Å². The van der Waals surface area contributed by atoms with E-state index in [0.29, 0.717) is 0 Å². The zero-order valence-electron chi connectivity index (χ0n) is 18.6. The number of aryl methyl sites for hydroxylation is 3. The lowest BCUT2D eigenvalue weighted by Crippen LogP contribution is -2.28. The lowest BCUT2D eigenvalue weighted by molar-refractivity contribution is -0.672. The van der Waals surface area contributed by atoms with Crippen molar-refractivity contribution in [2.45, 2.75) is 90.4 Å². The highest BCUT2D eigenvalue weighted by Crippen LogP contribution is 2.23. The van der Waals surface area contributed by atoms with Crippen LogP contribution in [0.25, 0.3) is 11.1 Å². The summed E-state index contributed by atoms with van der Waals surface area (Å²) in [5.41, 5.74) is 4.19. The quantitative estimate of drug-likeness (QED) is 0.270. The Morgan fingerprint density at radius 1 is 0.607 bits per heavy atom. The van der Waals surface area contributed by atoms with Gasteiger partial charge in [0.1, 0.15) is 14.1 Å². The Labute approximate surface area is 173 Å². The average molecular weight is 383 g/mol. The molecule has 0 N–H and O–H groups in total. The fourth-order valence-corrected chi connectivity index (χ4v) is 3.98. The zero-order valence-corrected chi connectivity index (χ0v) is 18.6. The molecule has 2 heteroatoms. The molecule has 0 spiro atoms. The third-order valence-corrected chi connectivity index (χ3v) is 5.77. The van der Waals surface area contributed by atoms with Crippen LogP contribution in [-0.2, 0) is 20.5 Å². The van der Waals surface area contributed by atoms with Crippen molar-refractivity contribution in [3.05, 3.63) is 48.5 Å². The average Bonchev–Trinajstić information content (AvgIpc) is 2.70. The van der Waals surface area contributed by atoms with Crippen molar-refractivity contribution in [3.63, 3.8) is 0 Å². The maximum absolute atomic E-state index is 2.31. The lowest BCUT2D eigenvalue weighted by Gasteiger charge is -2.08. The number of rotatable bonds is 14. The molecule has 0 bridgehead atoms. The molecule has 2 nitrogen and oxygen atoms in total. The van der Waals surface area contributed by atoms with E-state index in [0.717, 1.165) is 0 Å². The number of nitrogens with zero attached hydrogens (tertiary/aromatic N) is 2. The molecular weight excluding hydrogens is 340 g/mol. The van der Waals surface area contributed by atoms with Gasteiger partial charge in [0.25, 0.3) is 0 Å². The lowest BCUT2D eigenvalue weighted by atomic mass is 9.97. The molecule has 28 heavy (non-hydrogen) atoms. The molecule has 0 aliphatic heterocycles. The first-order valence-electron chi connectivity index (χ1n) is 11.6. The summed E-state index contributed by atoms with van der Waals surface area (Å²) in [5, 5.41) is 0. The Bertz CT molecular complexity index is 661. The van der Waals surface area contributed by atoms with Crippen molar-refractivity contribution in [3.8, 4) is 11.1 Å². The van der Waals surface area contributed by atoms with E-state index in [-0.39, 0.29) is 0 Å². The van der Waals surface area contributed by atoms with Crippen LogP contribution in [0.5, 0.6) is 0 Å². The smallest absolute Gasteiger partial charge is 0.172 e. The molecule has 0 radical (unpaired) electrons. The number of hydrogen-bond acceptors (Lipinski definition) is 0. The number of aromatic nitrogens is 2. The Kier molecular flexibility index (Phi) is 10.9. The number of hydrogen-bond donors (Lipinski definition) is 0. The molecule has 0 unspecified atom stereocenters. The SMILES string of the molecule is CCCCCCCCCCCCCCc1c[n+](C)ccc1-c1cc[n+](C)cc1. The standard InChI is InChI=1S/C26H42N2/c1-4-5-6-7-8-9-10-11-12-13-14-15-16-25-23-28(3)22-19-26(25)24-17-20-27(2)21-18-24/h17-23H,4-16H2,1-3H3/q+2. The first-order valence-corrected chi connectivity index (χ1v) is 11.6. The van der Waals surface area contributed by atoms with Crippen LogP contribution in [0.15, 0.2) is 43.0 Å². The maximum atomic E-state index is 2.31. The van der Waals surface area contributed by atoms with Gasteiger partial charge in [-0.15, -0.1) is 0 Å². The molecule has 2 aromatic heterocycles. The Hall–Kier alpha value is -1.70. The zero-order chi connectivity index (χ0) is 20.0. The monoisotopic (exact) mass is 382 g/mol. The van der Waals surface area contributed by atoms with Crippen LogP contribution in [0.3, 0.4) is 0 Å². The van der Waals surface area contributed by atoms with Gasteiger partial charge in [0.15, 0.2) is 24.8 Å². The Morgan fingerprint density at radius 3 is 1.68 bits per heavy atom. The van der Waals surface area contributed by atoms with Crippen molar-refractivity contribution in [2.75, 3.05) is 0 Å². The maximum Gasteiger partial charge on any atom is 0.172 e. The largest absolute Gasteiger partial charge is 0.208 e. The number of pyridine rings is 2. The summed E-state index contributed by atoms with van der Waals surface area (Å²) in [7, 11) is 4.20. The van der Waals surface area contributed by atoms with Gasteiger partial charge in [-0.25, -0.2) is 9.13 Å². The van der Waals surface area contributed by atoms with Gasteiger partial charge >= 0.3 is 0 Å². The van der Waals surface area contributed by atoms with Crippen molar-refractivity contribution >= 4 is 0 Å². The molecule has 2 aromatic rings. The molecule has 0 saturated carbocycles. The van der Waals surface area contributed by atoms with Crippen molar-refractivity contribution in [1.82, 2.24) is 0 Å². The van der Waals surface area contributed by atoms with Crippen molar-refractivity contribution in [2.24, 2.45) is 14.1 Å². The molecule has 154 valence electrons. The molecule has 2 heterocycles. The fraction of sp³-hybridized carbons (Fsp3) is 0.615. The third kappa shape index (κ3) is 8.54. The predicted octanol–water partition coefficient (Wildman–Crippen LogP) is 6.25. The molecule has 0 aliphatic carbocycles. The minimum absolute atomic E-state index is 1.18. The minimum Gasteiger partial charge on any atom is -0.208 e. The van der Waals surface area contributed by atoms with Gasteiger partial charge in [-0.3, -0.25) is 0 Å². The molecule has 0 atom stereocenters. The van der Waals surface area contributed by atoms with Crippen LogP contribution in [0.2, 0.25) is 0 Å². The molecule has 2 rings (SSSR count). The first kappa shape index (κ1) is 22.6. The summed E-state index contributed by atoms with van der Waals surface area (Å²) < 4.78 is 4.28. The summed E-state index contributed by atoms with van der Waals surface area (Å²) >= 11 is 0. The molecule has 0 amide bonds. The van der Waals surface area contributed by atoms with Crippen LogP contribution in [0, 0.1) is 0 Å². The van der Waals surface area contributed by atoms with E-state index in [1.165, 1.54) is 100 Å². The highest BCUT2D eigenvalue weighted by molar-refractivity contribution is 5.65. The van der Waals surface area contributed by atoms with Gasteiger partial charge < -0.3 is 0 Å². The summed E-state index contributed by atoms with van der Waals surface area (Å²) in [6, 6.07) is 6.72. The van der Waals surface area contributed by atoms with Gasteiger partial charge in [-0.1, -0.05) is 77.6 Å². The normalized spacial score (nSPS) is 11.1.